The minimum Gasteiger partial charge on any atom is -0.390 e. The molecule has 11 heteroatoms. The number of aliphatic hydroxyl groups is 1. The van der Waals surface area contributed by atoms with Crippen LogP contribution in [-0.4, -0.2) is 57.6 Å². The fraction of sp³-hybridized carbons (Fsp3) is 0.750. The maximum absolute atomic E-state index is 12.3. The number of hydrogen-bond donors (Lipinski definition) is 4. The number of nitrogens with two attached hydrogens (primary N) is 1. The number of hydrogen-bond acceptors (Lipinski definition) is 7. The molecule has 174 valence electrons. The lowest BCUT2D eigenvalue weighted by atomic mass is 9.83. The zero-order chi connectivity index (χ0) is 22.6. The number of nitrogens with one attached hydrogen (secondary N) is 2. The van der Waals surface area contributed by atoms with Crippen molar-refractivity contribution in [1.82, 2.24) is 9.97 Å². The molecule has 31 heavy (non-hydrogen) atoms. The van der Waals surface area contributed by atoms with Crippen LogP contribution in [0.4, 0.5) is 24.9 Å². The van der Waals surface area contributed by atoms with Crippen LogP contribution in [0.15, 0.2) is 6.20 Å². The third-order valence-electron chi connectivity index (χ3n) is 5.84. The van der Waals surface area contributed by atoms with Crippen LogP contribution >= 0.6 is 0 Å². The summed E-state index contributed by atoms with van der Waals surface area (Å²) in [5.74, 6) is -0.0245. The van der Waals surface area contributed by atoms with Gasteiger partial charge < -0.3 is 26.2 Å². The highest BCUT2D eigenvalue weighted by molar-refractivity contribution is 5.97. The molecule has 0 radical (unpaired) electrons. The summed E-state index contributed by atoms with van der Waals surface area (Å²) < 4.78 is 41.9. The molecule has 2 aliphatic rings. The minimum absolute atomic E-state index is 0.00608. The molecule has 1 amide bonds. The fourth-order valence-electron chi connectivity index (χ4n) is 4.29. The van der Waals surface area contributed by atoms with Crippen molar-refractivity contribution in [1.29, 1.82) is 0 Å². The third-order valence-corrected chi connectivity index (χ3v) is 5.84. The van der Waals surface area contributed by atoms with E-state index in [1.165, 1.54) is 6.20 Å². The van der Waals surface area contributed by atoms with Crippen LogP contribution in [0.3, 0.4) is 0 Å². The molecule has 2 aliphatic carbocycles. The summed E-state index contributed by atoms with van der Waals surface area (Å²) in [6.07, 6.45) is 1.84. The minimum atomic E-state index is -4.32. The number of amides is 1. The molecule has 0 unspecified atom stereocenters. The molecule has 2 atom stereocenters. The Balaban J connectivity index is 1.60. The van der Waals surface area contributed by atoms with E-state index >= 15 is 0 Å². The Hall–Kier alpha value is -2.14. The van der Waals surface area contributed by atoms with Crippen molar-refractivity contribution < 1.29 is 27.8 Å². The highest BCUT2D eigenvalue weighted by Gasteiger charge is 2.32. The van der Waals surface area contributed by atoms with Crippen molar-refractivity contribution >= 4 is 17.7 Å². The van der Waals surface area contributed by atoms with E-state index in [1.54, 1.807) is 6.92 Å². The summed E-state index contributed by atoms with van der Waals surface area (Å²) in [5.41, 5.74) is 4.85. The van der Waals surface area contributed by atoms with Crippen LogP contribution in [0.2, 0.25) is 0 Å². The van der Waals surface area contributed by atoms with E-state index in [2.05, 4.69) is 20.6 Å². The summed E-state index contributed by atoms with van der Waals surface area (Å²) >= 11 is 0. The normalized spacial score (nSPS) is 29.4. The van der Waals surface area contributed by atoms with Crippen LogP contribution in [-0.2, 0) is 4.74 Å². The highest BCUT2D eigenvalue weighted by atomic mass is 19.4. The molecule has 1 aromatic rings. The molecule has 0 spiro atoms. The Morgan fingerprint density at radius 1 is 1.26 bits per heavy atom. The van der Waals surface area contributed by atoms with Crippen LogP contribution < -0.4 is 16.4 Å². The average molecular weight is 445 g/mol. The van der Waals surface area contributed by atoms with E-state index in [4.69, 9.17) is 10.5 Å². The van der Waals surface area contributed by atoms with Crippen LogP contribution in [0.25, 0.3) is 0 Å². The maximum Gasteiger partial charge on any atom is 0.411 e. The SMILES string of the molecule is C[C@]1(O)CCC[C@@H](Nc2nc(NC3CCC(OCC(F)(F)F)CC3)ncc2C(N)=O)C1. The topological polar surface area (TPSA) is 122 Å². The lowest BCUT2D eigenvalue weighted by Gasteiger charge is -2.34. The molecular formula is C20H30F3N5O3. The largest absolute Gasteiger partial charge is 0.411 e. The number of alkyl halides is 3. The Bertz CT molecular complexity index is 767. The van der Waals surface area contributed by atoms with Gasteiger partial charge in [-0.25, -0.2) is 4.98 Å². The zero-order valence-corrected chi connectivity index (χ0v) is 17.5. The Labute approximate surface area is 179 Å². The first kappa shape index (κ1) is 23.5. The summed E-state index contributed by atoms with van der Waals surface area (Å²) in [6.45, 7) is 0.564. The van der Waals surface area contributed by atoms with Gasteiger partial charge in [-0.3, -0.25) is 4.79 Å². The number of carbonyl (C=O) groups excluding carboxylic acids is 1. The number of rotatable bonds is 7. The van der Waals surface area contributed by atoms with E-state index in [1.807, 2.05) is 0 Å². The second kappa shape index (κ2) is 9.56. The first-order valence-electron chi connectivity index (χ1n) is 10.6. The standard InChI is InChI=1S/C20H30F3N5O3/c1-19(30)8-2-3-13(9-19)26-17-15(16(24)29)10-25-18(28-17)27-12-4-6-14(7-5-12)31-11-20(21,22)23/h10,12-14,30H,2-9,11H2,1H3,(H2,24,29)(H2,25,26,27,28)/t12?,13-,14?,19+/m1/s1. The quantitative estimate of drug-likeness (QED) is 0.509. The molecule has 3 rings (SSSR count). The van der Waals surface area contributed by atoms with Gasteiger partial charge in [-0.1, -0.05) is 0 Å². The second-order valence-corrected chi connectivity index (χ2v) is 8.80. The van der Waals surface area contributed by atoms with E-state index in [9.17, 15) is 23.1 Å². The molecule has 0 aliphatic heterocycles. The smallest absolute Gasteiger partial charge is 0.390 e. The van der Waals surface area contributed by atoms with E-state index in [-0.39, 0.29) is 17.6 Å². The third kappa shape index (κ3) is 7.20. The van der Waals surface area contributed by atoms with E-state index < -0.39 is 30.4 Å². The average Bonchev–Trinajstić information content (AvgIpc) is 2.66. The molecule has 0 aromatic carbocycles. The molecule has 0 bridgehead atoms. The molecule has 1 heterocycles. The van der Waals surface area contributed by atoms with Crippen molar-refractivity contribution in [2.24, 2.45) is 5.73 Å². The summed E-state index contributed by atoms with van der Waals surface area (Å²) in [7, 11) is 0. The molecule has 0 saturated heterocycles. The Morgan fingerprint density at radius 2 is 1.97 bits per heavy atom. The van der Waals surface area contributed by atoms with Gasteiger partial charge in [-0.05, 0) is 58.3 Å². The van der Waals surface area contributed by atoms with Crippen molar-refractivity contribution in [3.63, 3.8) is 0 Å². The molecular weight excluding hydrogens is 415 g/mol. The van der Waals surface area contributed by atoms with Gasteiger partial charge in [-0.2, -0.15) is 18.2 Å². The van der Waals surface area contributed by atoms with Crippen LogP contribution in [0.5, 0.6) is 0 Å². The first-order chi connectivity index (χ1) is 14.5. The van der Waals surface area contributed by atoms with E-state index in [0.29, 0.717) is 43.9 Å². The van der Waals surface area contributed by atoms with Crippen molar-refractivity contribution in [3.05, 3.63) is 11.8 Å². The molecule has 8 nitrogen and oxygen atoms in total. The lowest BCUT2D eigenvalue weighted by Crippen LogP contribution is -2.38. The van der Waals surface area contributed by atoms with Crippen LogP contribution in [0.1, 0.15) is 68.6 Å². The summed E-state index contributed by atoms with van der Waals surface area (Å²) in [5, 5.41) is 16.7. The molecule has 5 N–H and O–H groups in total. The number of anilines is 2. The predicted molar refractivity (Wildman–Crippen MR) is 109 cm³/mol. The van der Waals surface area contributed by atoms with Crippen molar-refractivity contribution in [2.75, 3.05) is 17.2 Å². The molecule has 2 fully saturated rings. The second-order valence-electron chi connectivity index (χ2n) is 8.80. The molecule has 2 saturated carbocycles. The van der Waals surface area contributed by atoms with Crippen molar-refractivity contribution in [3.8, 4) is 0 Å². The van der Waals surface area contributed by atoms with Crippen LogP contribution in [0, 0.1) is 0 Å². The van der Waals surface area contributed by atoms with E-state index in [0.717, 1.165) is 19.3 Å². The number of nitrogens with zero attached hydrogens (tertiary/aromatic N) is 2. The van der Waals surface area contributed by atoms with Gasteiger partial charge in [0.05, 0.1) is 17.3 Å². The van der Waals surface area contributed by atoms with Gasteiger partial charge >= 0.3 is 6.18 Å². The maximum atomic E-state index is 12.3. The number of carbonyl (C=O) groups is 1. The number of ether oxygens (including phenoxy) is 1. The molecule has 1 aromatic heterocycles. The van der Waals surface area contributed by atoms with Gasteiger partial charge in [0.15, 0.2) is 0 Å². The van der Waals surface area contributed by atoms with Gasteiger partial charge in [-0.15, -0.1) is 0 Å². The lowest BCUT2D eigenvalue weighted by molar-refractivity contribution is -0.187. The number of halogens is 3. The first-order valence-corrected chi connectivity index (χ1v) is 10.6. The number of primary amides is 1. The monoisotopic (exact) mass is 445 g/mol. The Kier molecular flexibility index (Phi) is 7.25. The Morgan fingerprint density at radius 3 is 2.58 bits per heavy atom. The fourth-order valence-corrected chi connectivity index (χ4v) is 4.29. The summed E-state index contributed by atoms with van der Waals surface area (Å²) in [6, 6.07) is -0.0563. The van der Waals surface area contributed by atoms with Gasteiger partial charge in [0.25, 0.3) is 5.91 Å². The van der Waals surface area contributed by atoms with Gasteiger partial charge in [0.2, 0.25) is 5.95 Å². The highest BCUT2D eigenvalue weighted by Crippen LogP contribution is 2.31. The number of aromatic nitrogens is 2. The van der Waals surface area contributed by atoms with Gasteiger partial charge in [0.1, 0.15) is 12.4 Å². The van der Waals surface area contributed by atoms with Crippen molar-refractivity contribution in [2.45, 2.75) is 88.3 Å². The zero-order valence-electron chi connectivity index (χ0n) is 17.5. The summed E-state index contributed by atoms with van der Waals surface area (Å²) in [4.78, 5) is 20.4. The predicted octanol–water partition coefficient (Wildman–Crippen LogP) is 2.98. The van der Waals surface area contributed by atoms with Gasteiger partial charge in [0, 0.05) is 18.3 Å².